The molecular weight excluding hydrogens is 222 g/mol. The molecule has 1 saturated carbocycles. The van der Waals surface area contributed by atoms with Gasteiger partial charge < -0.3 is 9.88 Å². The molecule has 0 amide bonds. The number of aromatic nitrogens is 2. The predicted molar refractivity (Wildman–Crippen MR) is 76.9 cm³/mol. The Kier molecular flexibility index (Phi) is 3.98. The molecule has 0 aromatic carbocycles. The summed E-state index contributed by atoms with van der Waals surface area (Å²) in [6, 6.07) is 1.07. The predicted octanol–water partition coefficient (Wildman–Crippen LogP) is 4.23. The summed E-state index contributed by atoms with van der Waals surface area (Å²) in [7, 11) is 0. The summed E-state index contributed by atoms with van der Waals surface area (Å²) in [6.07, 6.45) is 10.7. The van der Waals surface area contributed by atoms with Gasteiger partial charge >= 0.3 is 0 Å². The zero-order chi connectivity index (χ0) is 13.2. The van der Waals surface area contributed by atoms with Gasteiger partial charge in [0, 0.05) is 24.5 Å². The first-order valence-electron chi connectivity index (χ1n) is 7.28. The summed E-state index contributed by atoms with van der Waals surface area (Å²) >= 11 is 0. The van der Waals surface area contributed by atoms with Gasteiger partial charge in [-0.2, -0.15) is 0 Å². The molecule has 0 bridgehead atoms. The molecule has 102 valence electrons. The lowest BCUT2D eigenvalue weighted by Crippen LogP contribution is -2.27. The van der Waals surface area contributed by atoms with E-state index in [1.807, 2.05) is 6.20 Å². The standard InChI is InChI=1S/C15H27N3/c1-12(15(2,3)4)18-11-10-16-14(18)17-13-8-6-5-7-9-13/h10-13H,5-9H2,1-4H3,(H,16,17). The summed E-state index contributed by atoms with van der Waals surface area (Å²) < 4.78 is 2.29. The van der Waals surface area contributed by atoms with Crippen molar-refractivity contribution < 1.29 is 0 Å². The highest BCUT2D eigenvalue weighted by Gasteiger charge is 2.24. The van der Waals surface area contributed by atoms with E-state index in [2.05, 4.69) is 48.8 Å². The van der Waals surface area contributed by atoms with Crippen molar-refractivity contribution in [1.29, 1.82) is 0 Å². The lowest BCUT2D eigenvalue weighted by atomic mass is 9.88. The lowest BCUT2D eigenvalue weighted by Gasteiger charge is -2.31. The maximum atomic E-state index is 4.50. The van der Waals surface area contributed by atoms with E-state index in [0.717, 1.165) is 5.95 Å². The number of nitrogens with one attached hydrogen (secondary N) is 1. The van der Waals surface area contributed by atoms with Crippen LogP contribution in [0, 0.1) is 5.41 Å². The van der Waals surface area contributed by atoms with Crippen molar-refractivity contribution in [1.82, 2.24) is 9.55 Å². The maximum absolute atomic E-state index is 4.50. The molecule has 1 unspecified atom stereocenters. The van der Waals surface area contributed by atoms with Crippen LogP contribution in [0.25, 0.3) is 0 Å². The minimum atomic E-state index is 0.254. The number of anilines is 1. The first-order chi connectivity index (χ1) is 8.48. The molecule has 1 fully saturated rings. The van der Waals surface area contributed by atoms with Gasteiger partial charge in [-0.05, 0) is 25.2 Å². The highest BCUT2D eigenvalue weighted by Crippen LogP contribution is 2.32. The van der Waals surface area contributed by atoms with Crippen molar-refractivity contribution in [2.24, 2.45) is 5.41 Å². The third-order valence-electron chi connectivity index (χ3n) is 4.28. The molecule has 0 radical (unpaired) electrons. The highest BCUT2D eigenvalue weighted by atomic mass is 15.2. The summed E-state index contributed by atoms with van der Waals surface area (Å²) in [5.41, 5.74) is 0.254. The van der Waals surface area contributed by atoms with Crippen LogP contribution >= 0.6 is 0 Å². The molecule has 0 spiro atoms. The maximum Gasteiger partial charge on any atom is 0.203 e. The number of hydrogen-bond donors (Lipinski definition) is 1. The van der Waals surface area contributed by atoms with Gasteiger partial charge in [-0.15, -0.1) is 0 Å². The lowest BCUT2D eigenvalue weighted by molar-refractivity contribution is 0.264. The average Bonchev–Trinajstić information content (AvgIpc) is 2.76. The van der Waals surface area contributed by atoms with Crippen LogP contribution in [0.5, 0.6) is 0 Å². The smallest absolute Gasteiger partial charge is 0.203 e. The van der Waals surface area contributed by atoms with Gasteiger partial charge in [0.25, 0.3) is 0 Å². The van der Waals surface area contributed by atoms with Crippen molar-refractivity contribution in [3.63, 3.8) is 0 Å². The Morgan fingerprint density at radius 2 is 1.94 bits per heavy atom. The SMILES string of the molecule is CC(n1ccnc1NC1CCCCC1)C(C)(C)C. The van der Waals surface area contributed by atoms with Crippen LogP contribution in [0.3, 0.4) is 0 Å². The van der Waals surface area contributed by atoms with E-state index >= 15 is 0 Å². The van der Waals surface area contributed by atoms with E-state index in [4.69, 9.17) is 0 Å². The van der Waals surface area contributed by atoms with E-state index in [9.17, 15) is 0 Å². The molecule has 2 rings (SSSR count). The van der Waals surface area contributed by atoms with Crippen LogP contribution in [0.4, 0.5) is 5.95 Å². The molecular formula is C15H27N3. The molecule has 1 aliphatic rings. The Hall–Kier alpha value is -0.990. The van der Waals surface area contributed by atoms with Gasteiger partial charge in [-0.1, -0.05) is 40.0 Å². The minimum Gasteiger partial charge on any atom is -0.353 e. The second-order valence-corrected chi connectivity index (χ2v) is 6.68. The Bertz CT molecular complexity index is 369. The van der Waals surface area contributed by atoms with E-state index in [-0.39, 0.29) is 5.41 Å². The van der Waals surface area contributed by atoms with E-state index in [1.165, 1.54) is 32.1 Å². The second kappa shape index (κ2) is 5.33. The fourth-order valence-electron chi connectivity index (χ4n) is 2.58. The molecule has 0 saturated heterocycles. The van der Waals surface area contributed by atoms with Crippen LogP contribution < -0.4 is 5.32 Å². The first kappa shape index (κ1) is 13.4. The Labute approximate surface area is 111 Å². The largest absolute Gasteiger partial charge is 0.353 e. The highest BCUT2D eigenvalue weighted by molar-refractivity contribution is 5.28. The van der Waals surface area contributed by atoms with Gasteiger partial charge in [0.15, 0.2) is 0 Å². The van der Waals surface area contributed by atoms with Gasteiger partial charge in [0.05, 0.1) is 0 Å². The minimum absolute atomic E-state index is 0.254. The normalized spacial score (nSPS) is 19.8. The molecule has 0 aliphatic heterocycles. The number of imidazole rings is 1. The zero-order valence-corrected chi connectivity index (χ0v) is 12.2. The third kappa shape index (κ3) is 3.06. The Morgan fingerprint density at radius 3 is 2.56 bits per heavy atom. The number of nitrogens with zero attached hydrogens (tertiary/aromatic N) is 2. The van der Waals surface area contributed by atoms with Crippen LogP contribution in [0.2, 0.25) is 0 Å². The molecule has 1 heterocycles. The van der Waals surface area contributed by atoms with Crippen LogP contribution in [-0.4, -0.2) is 15.6 Å². The molecule has 3 heteroatoms. The first-order valence-corrected chi connectivity index (χ1v) is 7.28. The summed E-state index contributed by atoms with van der Waals surface area (Å²) in [6.45, 7) is 9.11. The van der Waals surface area contributed by atoms with Crippen molar-refractivity contribution in [3.8, 4) is 0 Å². The summed E-state index contributed by atoms with van der Waals surface area (Å²) in [4.78, 5) is 4.50. The van der Waals surface area contributed by atoms with Crippen LogP contribution in [0.1, 0.15) is 65.8 Å². The van der Waals surface area contributed by atoms with Gasteiger partial charge in [-0.3, -0.25) is 0 Å². The van der Waals surface area contributed by atoms with Crippen molar-refractivity contribution in [2.45, 2.75) is 71.9 Å². The van der Waals surface area contributed by atoms with Crippen molar-refractivity contribution in [3.05, 3.63) is 12.4 Å². The van der Waals surface area contributed by atoms with Crippen LogP contribution in [0.15, 0.2) is 12.4 Å². The third-order valence-corrected chi connectivity index (χ3v) is 4.28. The molecule has 1 atom stereocenters. The van der Waals surface area contributed by atoms with Gasteiger partial charge in [0.1, 0.15) is 0 Å². The van der Waals surface area contributed by atoms with Crippen molar-refractivity contribution >= 4 is 5.95 Å². The second-order valence-electron chi connectivity index (χ2n) is 6.68. The van der Waals surface area contributed by atoms with Gasteiger partial charge in [-0.25, -0.2) is 4.98 Å². The molecule has 1 aromatic rings. The van der Waals surface area contributed by atoms with E-state index in [1.54, 1.807) is 0 Å². The van der Waals surface area contributed by atoms with Gasteiger partial charge in [0.2, 0.25) is 5.95 Å². The quantitative estimate of drug-likeness (QED) is 0.868. The Morgan fingerprint density at radius 1 is 1.28 bits per heavy atom. The fraction of sp³-hybridized carbons (Fsp3) is 0.800. The number of hydrogen-bond acceptors (Lipinski definition) is 2. The zero-order valence-electron chi connectivity index (χ0n) is 12.2. The van der Waals surface area contributed by atoms with E-state index < -0.39 is 0 Å². The molecule has 18 heavy (non-hydrogen) atoms. The topological polar surface area (TPSA) is 29.9 Å². The van der Waals surface area contributed by atoms with Crippen molar-refractivity contribution in [2.75, 3.05) is 5.32 Å². The molecule has 1 aliphatic carbocycles. The molecule has 3 nitrogen and oxygen atoms in total. The fourth-order valence-corrected chi connectivity index (χ4v) is 2.58. The molecule has 1 aromatic heterocycles. The average molecular weight is 249 g/mol. The number of rotatable bonds is 3. The summed E-state index contributed by atoms with van der Waals surface area (Å²) in [5.74, 6) is 1.05. The molecule has 1 N–H and O–H groups in total. The van der Waals surface area contributed by atoms with Crippen LogP contribution in [-0.2, 0) is 0 Å². The monoisotopic (exact) mass is 249 g/mol. The van der Waals surface area contributed by atoms with E-state index in [0.29, 0.717) is 12.1 Å². The summed E-state index contributed by atoms with van der Waals surface area (Å²) in [5, 5.41) is 3.63. The Balaban J connectivity index is 2.07.